The molecule has 0 radical (unpaired) electrons. The smallest absolute Gasteiger partial charge is 0.289 e. The lowest BCUT2D eigenvalue weighted by Gasteiger charge is -2.18. The van der Waals surface area contributed by atoms with Gasteiger partial charge in [-0.25, -0.2) is 26.9 Å². The third kappa shape index (κ3) is 6.62. The van der Waals surface area contributed by atoms with Crippen LogP contribution in [0, 0.1) is 10.1 Å². The van der Waals surface area contributed by atoms with E-state index in [1.54, 1.807) is 17.4 Å². The lowest BCUT2D eigenvalue weighted by atomic mass is 10.1. The minimum Gasteiger partial charge on any atom is -0.379 e. The SMILES string of the molecule is O=[N+]([O-])c1ccccc1S(=O)(=O)NC(Cc1sc2c(NCc3cccs3)cc(Cl)nc2c1Br)CC(F)F. The fraction of sp³-hybridized carbons (Fsp3) is 0.227. The van der Waals surface area contributed by atoms with Crippen molar-refractivity contribution in [1.29, 1.82) is 0 Å². The second kappa shape index (κ2) is 11.7. The van der Waals surface area contributed by atoms with Gasteiger partial charge >= 0.3 is 0 Å². The second-order valence-corrected chi connectivity index (χ2v) is 12.8. The molecule has 1 unspecified atom stereocenters. The number of halogens is 4. The fourth-order valence-corrected chi connectivity index (χ4v) is 7.93. The first-order valence-electron chi connectivity index (χ1n) is 10.6. The molecule has 37 heavy (non-hydrogen) atoms. The van der Waals surface area contributed by atoms with E-state index in [-0.39, 0.29) is 11.6 Å². The molecule has 2 N–H and O–H groups in total. The Bertz CT molecular complexity index is 1530. The summed E-state index contributed by atoms with van der Waals surface area (Å²) in [5, 5.41) is 16.8. The number of benzene rings is 1. The van der Waals surface area contributed by atoms with Gasteiger partial charge < -0.3 is 5.32 Å². The molecule has 0 bridgehead atoms. The molecule has 196 valence electrons. The summed E-state index contributed by atoms with van der Waals surface area (Å²) < 4.78 is 56.3. The summed E-state index contributed by atoms with van der Waals surface area (Å²) in [6.45, 7) is 0.543. The molecular weight excluding hydrogens is 634 g/mol. The summed E-state index contributed by atoms with van der Waals surface area (Å²) in [5.74, 6) is 0. The van der Waals surface area contributed by atoms with E-state index in [0.717, 1.165) is 21.7 Å². The molecule has 0 aliphatic heterocycles. The molecule has 3 heterocycles. The molecule has 0 fully saturated rings. The van der Waals surface area contributed by atoms with Crippen LogP contribution in [0.1, 0.15) is 16.2 Å². The third-order valence-corrected chi connectivity index (χ3v) is 10.2. The Morgan fingerprint density at radius 2 is 1.97 bits per heavy atom. The molecule has 0 saturated carbocycles. The van der Waals surface area contributed by atoms with Crippen LogP contribution in [0.3, 0.4) is 0 Å². The van der Waals surface area contributed by atoms with Gasteiger partial charge in [0.2, 0.25) is 16.4 Å². The van der Waals surface area contributed by atoms with E-state index in [1.807, 2.05) is 17.5 Å². The number of rotatable bonds is 11. The van der Waals surface area contributed by atoms with Crippen molar-refractivity contribution in [2.75, 3.05) is 5.32 Å². The highest BCUT2D eigenvalue weighted by Gasteiger charge is 2.30. The van der Waals surface area contributed by atoms with Gasteiger partial charge in [0.1, 0.15) is 5.15 Å². The number of nitro benzene ring substituents is 1. The average Bonchev–Trinajstić information content (AvgIpc) is 3.45. The fourth-order valence-electron chi connectivity index (χ4n) is 3.64. The van der Waals surface area contributed by atoms with Gasteiger partial charge in [-0.2, -0.15) is 0 Å². The first kappa shape index (κ1) is 27.8. The summed E-state index contributed by atoms with van der Waals surface area (Å²) in [6.07, 6.45) is -3.71. The Hall–Kier alpha value is -2.23. The highest BCUT2D eigenvalue weighted by atomic mass is 79.9. The number of nitrogens with zero attached hydrogens (tertiary/aromatic N) is 2. The predicted octanol–water partition coefficient (Wildman–Crippen LogP) is 6.84. The van der Waals surface area contributed by atoms with E-state index in [4.69, 9.17) is 11.6 Å². The van der Waals surface area contributed by atoms with E-state index in [1.165, 1.54) is 23.5 Å². The largest absolute Gasteiger partial charge is 0.379 e. The van der Waals surface area contributed by atoms with Gasteiger partial charge in [-0.15, -0.1) is 22.7 Å². The van der Waals surface area contributed by atoms with Gasteiger partial charge in [-0.1, -0.05) is 29.8 Å². The van der Waals surface area contributed by atoms with Crippen molar-refractivity contribution in [3.63, 3.8) is 0 Å². The number of alkyl halides is 2. The minimum absolute atomic E-state index is 0.103. The van der Waals surface area contributed by atoms with Crippen molar-refractivity contribution in [1.82, 2.24) is 9.71 Å². The van der Waals surface area contributed by atoms with Crippen LogP contribution in [-0.4, -0.2) is 30.8 Å². The second-order valence-electron chi connectivity index (χ2n) is 7.82. The number of fused-ring (bicyclic) bond motifs is 1. The van der Waals surface area contributed by atoms with E-state index < -0.39 is 44.4 Å². The van der Waals surface area contributed by atoms with Crippen LogP contribution in [0.25, 0.3) is 10.2 Å². The molecule has 8 nitrogen and oxygen atoms in total. The number of hydrogen-bond donors (Lipinski definition) is 2. The van der Waals surface area contributed by atoms with Crippen LogP contribution in [0.4, 0.5) is 20.2 Å². The van der Waals surface area contributed by atoms with Gasteiger partial charge in [0.05, 0.1) is 25.3 Å². The first-order valence-corrected chi connectivity index (χ1v) is 15.0. The van der Waals surface area contributed by atoms with Gasteiger partial charge in [-0.3, -0.25) is 10.1 Å². The summed E-state index contributed by atoms with van der Waals surface area (Å²) in [4.78, 5) is 15.9. The van der Waals surface area contributed by atoms with Crippen molar-refractivity contribution in [3.8, 4) is 0 Å². The van der Waals surface area contributed by atoms with E-state index in [9.17, 15) is 27.3 Å². The minimum atomic E-state index is -4.48. The number of sulfonamides is 1. The number of nitrogens with one attached hydrogen (secondary N) is 2. The summed E-state index contributed by atoms with van der Waals surface area (Å²) in [7, 11) is -4.48. The molecule has 4 rings (SSSR count). The monoisotopic (exact) mass is 650 g/mol. The lowest BCUT2D eigenvalue weighted by molar-refractivity contribution is -0.387. The van der Waals surface area contributed by atoms with Crippen molar-refractivity contribution in [2.24, 2.45) is 0 Å². The maximum Gasteiger partial charge on any atom is 0.289 e. The molecule has 1 atom stereocenters. The molecule has 1 aromatic carbocycles. The van der Waals surface area contributed by atoms with Crippen LogP contribution >= 0.6 is 50.2 Å². The molecule has 0 saturated heterocycles. The maximum absolute atomic E-state index is 13.4. The molecule has 15 heteroatoms. The molecule has 3 aromatic heterocycles. The maximum atomic E-state index is 13.4. The van der Waals surface area contributed by atoms with Gasteiger partial charge in [0.15, 0.2) is 4.90 Å². The van der Waals surface area contributed by atoms with Crippen LogP contribution in [-0.2, 0) is 23.0 Å². The van der Waals surface area contributed by atoms with E-state index >= 15 is 0 Å². The zero-order chi connectivity index (χ0) is 26.7. The highest BCUT2D eigenvalue weighted by Crippen LogP contribution is 2.41. The Balaban J connectivity index is 1.65. The summed E-state index contributed by atoms with van der Waals surface area (Å²) in [6, 6.07) is 9.09. The van der Waals surface area contributed by atoms with Crippen LogP contribution < -0.4 is 10.0 Å². The molecule has 0 spiro atoms. The Labute approximate surface area is 232 Å². The summed E-state index contributed by atoms with van der Waals surface area (Å²) in [5.41, 5.74) is 0.568. The van der Waals surface area contributed by atoms with Crippen LogP contribution in [0.5, 0.6) is 0 Å². The average molecular weight is 652 g/mol. The van der Waals surface area contributed by atoms with Crippen LogP contribution in [0.15, 0.2) is 57.2 Å². The molecule has 0 aliphatic carbocycles. The quantitative estimate of drug-likeness (QED) is 0.104. The molecule has 4 aromatic rings. The lowest BCUT2D eigenvalue weighted by Crippen LogP contribution is -2.38. The third-order valence-electron chi connectivity index (χ3n) is 5.22. The first-order chi connectivity index (χ1) is 17.5. The normalized spacial score (nSPS) is 12.8. The van der Waals surface area contributed by atoms with Crippen molar-refractivity contribution >= 4 is 81.8 Å². The van der Waals surface area contributed by atoms with Crippen LogP contribution in [0.2, 0.25) is 5.15 Å². The van der Waals surface area contributed by atoms with Crippen molar-refractivity contribution in [3.05, 3.63) is 77.3 Å². The molecule has 0 aliphatic rings. The summed E-state index contributed by atoms with van der Waals surface area (Å²) >= 11 is 12.5. The van der Waals surface area contributed by atoms with Gasteiger partial charge in [0, 0.05) is 40.9 Å². The van der Waals surface area contributed by atoms with E-state index in [0.29, 0.717) is 27.1 Å². The topological polar surface area (TPSA) is 114 Å². The number of anilines is 1. The number of para-hydroxylation sites is 1. The zero-order valence-electron chi connectivity index (χ0n) is 18.7. The highest BCUT2D eigenvalue weighted by molar-refractivity contribution is 9.10. The molecule has 0 amide bonds. The van der Waals surface area contributed by atoms with Gasteiger partial charge in [0.25, 0.3) is 5.69 Å². The zero-order valence-corrected chi connectivity index (χ0v) is 23.5. The van der Waals surface area contributed by atoms with E-state index in [2.05, 4.69) is 31.0 Å². The number of pyridine rings is 1. The van der Waals surface area contributed by atoms with Gasteiger partial charge in [-0.05, 0) is 39.9 Å². The van der Waals surface area contributed by atoms with Crippen molar-refractivity contribution in [2.45, 2.75) is 36.7 Å². The Morgan fingerprint density at radius 1 is 1.22 bits per heavy atom. The Morgan fingerprint density at radius 3 is 2.65 bits per heavy atom. The number of hydrogen-bond acceptors (Lipinski definition) is 8. The number of aromatic nitrogens is 1. The Kier molecular flexibility index (Phi) is 8.76. The molecular formula is C22H18BrClF2N4O4S3. The predicted molar refractivity (Wildman–Crippen MR) is 146 cm³/mol. The van der Waals surface area contributed by atoms with Crippen molar-refractivity contribution < 1.29 is 22.1 Å². The number of nitro groups is 1. The standard InChI is InChI=1S/C22H18BrClF2N4O4S3/c23-20-16(36-22-14(10-18(24)28-21(20)22)27-11-13-4-3-7-35-13)8-12(9-19(25)26)29-37(33,34)17-6-2-1-5-15(17)30(31)32/h1-7,10,12,19,29H,8-9,11H2,(H,27,28). The number of thiophene rings is 2.